The Morgan fingerprint density at radius 3 is 2.89 bits per heavy atom. The van der Waals surface area contributed by atoms with E-state index in [1.807, 2.05) is 32.1 Å². The number of nitrogens with one attached hydrogen (secondary N) is 2. The van der Waals surface area contributed by atoms with E-state index < -0.39 is 21.7 Å². The molecule has 3 atom stereocenters. The molecule has 12 heteroatoms. The summed E-state index contributed by atoms with van der Waals surface area (Å²) < 4.78 is 38.9. The lowest BCUT2D eigenvalue weighted by atomic mass is 9.83. The molecule has 1 aromatic heterocycles. The standard InChI is InChI=1S/C25H29N5O6S/c1-15(2)35-22-9-6-16(12-17(22)13-26)25-28-24(29-36-25)20-5-3-4-19-18(20)7-8-21(19)30-37(33,34)14-23(32)27-10-11-31/h3-6,9,12,15,18-19,21,30-31H,7-8,10-11,14H2,1-2H3,(H,27,32)/t18?,19?,21-/m0/s1. The molecule has 3 N–H and O–H groups in total. The summed E-state index contributed by atoms with van der Waals surface area (Å²) in [4.78, 5) is 16.4. The van der Waals surface area contributed by atoms with Crippen molar-refractivity contribution in [1.82, 2.24) is 20.2 Å². The number of carbonyl (C=O) groups excluding carboxylic acids is 1. The normalized spacial score (nSPS) is 20.8. The van der Waals surface area contributed by atoms with Crippen LogP contribution in [0.4, 0.5) is 0 Å². The molecule has 1 heterocycles. The minimum absolute atomic E-state index is 0.000244. The van der Waals surface area contributed by atoms with Crippen LogP contribution < -0.4 is 14.8 Å². The second-order valence-corrected chi connectivity index (χ2v) is 11.0. The van der Waals surface area contributed by atoms with E-state index in [-0.39, 0.29) is 43.0 Å². The van der Waals surface area contributed by atoms with Gasteiger partial charge in [-0.15, -0.1) is 0 Å². The summed E-state index contributed by atoms with van der Waals surface area (Å²) in [7, 11) is -3.86. The van der Waals surface area contributed by atoms with Gasteiger partial charge in [-0.3, -0.25) is 4.79 Å². The first-order chi connectivity index (χ1) is 17.7. The fourth-order valence-corrected chi connectivity index (χ4v) is 5.97. The van der Waals surface area contributed by atoms with E-state index >= 15 is 0 Å². The minimum Gasteiger partial charge on any atom is -0.490 e. The predicted molar refractivity (Wildman–Crippen MR) is 134 cm³/mol. The van der Waals surface area contributed by atoms with Crippen molar-refractivity contribution >= 4 is 21.5 Å². The Bertz CT molecular complexity index is 1360. The molecule has 0 aliphatic heterocycles. The Hall–Kier alpha value is -3.53. The van der Waals surface area contributed by atoms with Gasteiger partial charge in [-0.25, -0.2) is 13.1 Å². The summed E-state index contributed by atoms with van der Waals surface area (Å²) in [5.74, 6) is -0.376. The number of hydrogen-bond acceptors (Lipinski definition) is 9. The second kappa shape index (κ2) is 11.2. The lowest BCUT2D eigenvalue weighted by Crippen LogP contribution is -2.43. The highest BCUT2D eigenvalue weighted by molar-refractivity contribution is 7.90. The number of benzene rings is 1. The van der Waals surface area contributed by atoms with Crippen molar-refractivity contribution < 1.29 is 27.6 Å². The van der Waals surface area contributed by atoms with Gasteiger partial charge in [-0.05, 0) is 50.8 Å². The molecule has 1 saturated carbocycles. The molecular weight excluding hydrogens is 498 g/mol. The molecule has 2 aliphatic carbocycles. The van der Waals surface area contributed by atoms with Crippen LogP contribution in [0, 0.1) is 23.2 Å². The van der Waals surface area contributed by atoms with Crippen LogP contribution in [-0.4, -0.2) is 60.6 Å². The van der Waals surface area contributed by atoms with Gasteiger partial charge in [0.1, 0.15) is 17.6 Å². The van der Waals surface area contributed by atoms with Gasteiger partial charge in [0.05, 0.1) is 18.3 Å². The van der Waals surface area contributed by atoms with Crippen LogP contribution in [0.5, 0.6) is 5.75 Å². The van der Waals surface area contributed by atoms with Crippen molar-refractivity contribution in [3.05, 3.63) is 47.8 Å². The van der Waals surface area contributed by atoms with Crippen LogP contribution in [-0.2, 0) is 14.8 Å². The molecule has 4 rings (SSSR count). The Kier molecular flexibility index (Phi) is 8.06. The van der Waals surface area contributed by atoms with Gasteiger partial charge in [0, 0.05) is 29.6 Å². The summed E-state index contributed by atoms with van der Waals surface area (Å²) in [6.07, 6.45) is 6.91. The first kappa shape index (κ1) is 26.5. The van der Waals surface area contributed by atoms with Gasteiger partial charge in [-0.1, -0.05) is 23.4 Å². The average molecular weight is 528 g/mol. The van der Waals surface area contributed by atoms with Crippen molar-refractivity contribution in [3.63, 3.8) is 0 Å². The van der Waals surface area contributed by atoms with Gasteiger partial charge in [0.2, 0.25) is 15.9 Å². The Morgan fingerprint density at radius 2 is 2.16 bits per heavy atom. The Labute approximate surface area is 215 Å². The number of hydrogen-bond donors (Lipinski definition) is 3. The SMILES string of the molecule is CC(C)Oc1ccc(-c2nc(C3=CC=CC4C3CC[C@@H]4NS(=O)(=O)CC(=O)NCCO)no2)cc1C#N. The molecule has 2 unspecified atom stereocenters. The fourth-order valence-electron chi connectivity index (χ4n) is 4.70. The quantitative estimate of drug-likeness (QED) is 0.417. The number of allylic oxidation sites excluding steroid dienone is 3. The summed E-state index contributed by atoms with van der Waals surface area (Å²) >= 11 is 0. The van der Waals surface area contributed by atoms with Crippen LogP contribution in [0.1, 0.15) is 38.1 Å². The molecule has 37 heavy (non-hydrogen) atoms. The number of aromatic nitrogens is 2. The third kappa shape index (κ3) is 6.25. The number of rotatable bonds is 10. The van der Waals surface area contributed by atoms with E-state index in [2.05, 4.69) is 26.2 Å². The number of aliphatic hydroxyl groups is 1. The Morgan fingerprint density at radius 1 is 1.35 bits per heavy atom. The van der Waals surface area contributed by atoms with E-state index in [0.29, 0.717) is 35.5 Å². The molecule has 0 bridgehead atoms. The number of nitrogens with zero attached hydrogens (tertiary/aromatic N) is 3. The maximum atomic E-state index is 12.5. The lowest BCUT2D eigenvalue weighted by molar-refractivity contribution is -0.118. The van der Waals surface area contributed by atoms with Crippen molar-refractivity contribution in [2.75, 3.05) is 18.9 Å². The molecule has 0 saturated heterocycles. The number of amides is 1. The summed E-state index contributed by atoms with van der Waals surface area (Å²) in [5.41, 5.74) is 1.79. The largest absolute Gasteiger partial charge is 0.490 e. The molecule has 0 spiro atoms. The molecule has 2 aliphatic rings. The van der Waals surface area contributed by atoms with Crippen LogP contribution in [0.3, 0.4) is 0 Å². The fraction of sp³-hybridized carbons (Fsp3) is 0.440. The number of nitriles is 1. The van der Waals surface area contributed by atoms with Gasteiger partial charge in [0.25, 0.3) is 5.89 Å². The number of sulfonamides is 1. The summed E-state index contributed by atoms with van der Waals surface area (Å²) in [6, 6.07) is 6.85. The number of ether oxygens (including phenoxy) is 1. The van der Waals surface area contributed by atoms with Gasteiger partial charge in [0.15, 0.2) is 5.82 Å². The van der Waals surface area contributed by atoms with Crippen molar-refractivity contribution in [3.8, 4) is 23.3 Å². The molecule has 1 fully saturated rings. The molecule has 2 aromatic rings. The molecule has 196 valence electrons. The van der Waals surface area contributed by atoms with Crippen molar-refractivity contribution in [1.29, 1.82) is 5.26 Å². The van der Waals surface area contributed by atoms with Gasteiger partial charge >= 0.3 is 0 Å². The van der Waals surface area contributed by atoms with Crippen LogP contribution in [0.15, 0.2) is 41.0 Å². The van der Waals surface area contributed by atoms with E-state index in [1.165, 1.54) is 0 Å². The number of carbonyl (C=O) groups is 1. The smallest absolute Gasteiger partial charge is 0.258 e. The predicted octanol–water partition coefficient (Wildman–Crippen LogP) is 1.77. The zero-order valence-electron chi connectivity index (χ0n) is 20.5. The number of aliphatic hydroxyl groups excluding tert-OH is 1. The van der Waals surface area contributed by atoms with E-state index in [0.717, 1.165) is 5.57 Å². The summed E-state index contributed by atoms with van der Waals surface area (Å²) in [5, 5.41) is 24.8. The van der Waals surface area contributed by atoms with E-state index in [1.54, 1.807) is 18.2 Å². The highest BCUT2D eigenvalue weighted by Gasteiger charge is 2.41. The average Bonchev–Trinajstić information content (AvgIpc) is 3.50. The minimum atomic E-state index is -3.86. The van der Waals surface area contributed by atoms with Crippen LogP contribution >= 0.6 is 0 Å². The molecule has 1 aromatic carbocycles. The zero-order valence-corrected chi connectivity index (χ0v) is 21.4. The number of fused-ring (bicyclic) bond motifs is 1. The third-order valence-corrected chi connectivity index (χ3v) is 7.51. The second-order valence-electron chi connectivity index (χ2n) is 9.24. The summed E-state index contributed by atoms with van der Waals surface area (Å²) in [6.45, 7) is 3.50. The highest BCUT2D eigenvalue weighted by atomic mass is 32.2. The monoisotopic (exact) mass is 527 g/mol. The molecule has 11 nitrogen and oxygen atoms in total. The van der Waals surface area contributed by atoms with Crippen molar-refractivity contribution in [2.45, 2.75) is 38.8 Å². The van der Waals surface area contributed by atoms with E-state index in [4.69, 9.17) is 14.4 Å². The third-order valence-electron chi connectivity index (χ3n) is 6.21. The topological polar surface area (TPSA) is 167 Å². The highest BCUT2D eigenvalue weighted by Crippen LogP contribution is 2.44. The first-order valence-electron chi connectivity index (χ1n) is 12.0. The maximum Gasteiger partial charge on any atom is 0.258 e. The van der Waals surface area contributed by atoms with Crippen LogP contribution in [0.25, 0.3) is 17.0 Å². The zero-order chi connectivity index (χ0) is 26.6. The molecule has 1 amide bonds. The van der Waals surface area contributed by atoms with Gasteiger partial charge < -0.3 is 19.7 Å². The Balaban J connectivity index is 1.47. The molecular formula is C25H29N5O6S. The molecule has 0 radical (unpaired) electrons. The van der Waals surface area contributed by atoms with Gasteiger partial charge in [-0.2, -0.15) is 10.2 Å². The lowest BCUT2D eigenvalue weighted by Gasteiger charge is -2.25. The first-order valence-corrected chi connectivity index (χ1v) is 13.7. The van der Waals surface area contributed by atoms with Crippen LogP contribution in [0.2, 0.25) is 0 Å². The van der Waals surface area contributed by atoms with E-state index in [9.17, 15) is 18.5 Å². The maximum absolute atomic E-state index is 12.5. The van der Waals surface area contributed by atoms with Crippen molar-refractivity contribution in [2.24, 2.45) is 11.8 Å².